The number of piperidine rings is 1. The molecule has 1 unspecified atom stereocenters. The molecule has 1 N–H and O–H groups in total. The van der Waals surface area contributed by atoms with Crippen molar-refractivity contribution in [1.29, 1.82) is 0 Å². The molecule has 0 bridgehead atoms. The highest BCUT2D eigenvalue weighted by atomic mass is 32.2. The topological polar surface area (TPSA) is 46.2 Å². The minimum absolute atomic E-state index is 0.376. The maximum atomic E-state index is 11.9. The highest BCUT2D eigenvalue weighted by molar-refractivity contribution is 7.93. The highest BCUT2D eigenvalue weighted by Gasteiger charge is 2.47. The van der Waals surface area contributed by atoms with Gasteiger partial charge in [0.1, 0.15) is 0 Å². The molecule has 2 saturated heterocycles. The third kappa shape index (κ3) is 2.14. The zero-order valence-corrected chi connectivity index (χ0v) is 11.1. The fourth-order valence-corrected chi connectivity index (χ4v) is 4.93. The van der Waals surface area contributed by atoms with Gasteiger partial charge in [-0.2, -0.15) is 0 Å². The van der Waals surface area contributed by atoms with Gasteiger partial charge in [0.15, 0.2) is 9.84 Å². The summed E-state index contributed by atoms with van der Waals surface area (Å²) in [6, 6.07) is 0. The van der Waals surface area contributed by atoms with Crippen LogP contribution < -0.4 is 5.32 Å². The number of hydrogen-bond acceptors (Lipinski definition) is 3. The van der Waals surface area contributed by atoms with Crippen LogP contribution in [0.3, 0.4) is 0 Å². The van der Waals surface area contributed by atoms with E-state index in [0.29, 0.717) is 11.7 Å². The van der Waals surface area contributed by atoms with Crippen molar-refractivity contribution in [2.75, 3.05) is 18.8 Å². The lowest BCUT2D eigenvalue weighted by Gasteiger charge is -2.31. The van der Waals surface area contributed by atoms with Crippen LogP contribution in [0.5, 0.6) is 0 Å². The van der Waals surface area contributed by atoms with E-state index in [4.69, 9.17) is 0 Å². The maximum Gasteiger partial charge on any atom is 0.155 e. The van der Waals surface area contributed by atoms with Crippen LogP contribution in [-0.4, -0.2) is 32.0 Å². The van der Waals surface area contributed by atoms with E-state index >= 15 is 0 Å². The molecule has 0 aromatic carbocycles. The van der Waals surface area contributed by atoms with Crippen LogP contribution in [0, 0.1) is 11.8 Å². The van der Waals surface area contributed by atoms with E-state index < -0.39 is 14.6 Å². The van der Waals surface area contributed by atoms with Crippen molar-refractivity contribution in [3.8, 4) is 0 Å². The van der Waals surface area contributed by atoms with Gasteiger partial charge >= 0.3 is 0 Å². The van der Waals surface area contributed by atoms with Gasteiger partial charge in [-0.3, -0.25) is 0 Å². The largest absolute Gasteiger partial charge is 0.317 e. The fraction of sp³-hybridized carbons (Fsp3) is 1.00. The summed E-state index contributed by atoms with van der Waals surface area (Å²) in [7, 11) is -2.84. The van der Waals surface area contributed by atoms with Crippen LogP contribution in [0.2, 0.25) is 0 Å². The summed E-state index contributed by atoms with van der Waals surface area (Å²) >= 11 is 0. The van der Waals surface area contributed by atoms with Crippen molar-refractivity contribution in [3.05, 3.63) is 0 Å². The minimum Gasteiger partial charge on any atom is -0.317 e. The second-order valence-corrected chi connectivity index (χ2v) is 8.53. The van der Waals surface area contributed by atoms with Gasteiger partial charge in [-0.1, -0.05) is 0 Å². The molecule has 0 saturated carbocycles. The smallest absolute Gasteiger partial charge is 0.155 e. The Morgan fingerprint density at radius 2 is 1.81 bits per heavy atom. The van der Waals surface area contributed by atoms with E-state index in [9.17, 15) is 8.42 Å². The van der Waals surface area contributed by atoms with E-state index in [2.05, 4.69) is 5.32 Å². The van der Waals surface area contributed by atoms with Crippen molar-refractivity contribution in [2.45, 2.75) is 44.3 Å². The van der Waals surface area contributed by atoms with Crippen molar-refractivity contribution in [2.24, 2.45) is 11.8 Å². The molecule has 0 aromatic heterocycles. The highest BCUT2D eigenvalue weighted by Crippen LogP contribution is 2.41. The first kappa shape index (κ1) is 12.4. The molecular weight excluding hydrogens is 222 g/mol. The Hall–Kier alpha value is -0.0900. The molecule has 0 radical (unpaired) electrons. The van der Waals surface area contributed by atoms with E-state index in [-0.39, 0.29) is 0 Å². The molecule has 2 aliphatic rings. The Balaban J connectivity index is 2.01. The summed E-state index contributed by atoms with van der Waals surface area (Å²) in [6.07, 6.45) is 4.41. The van der Waals surface area contributed by atoms with Crippen LogP contribution in [0.15, 0.2) is 0 Å². The number of hydrogen-bond donors (Lipinski definition) is 1. The van der Waals surface area contributed by atoms with Gasteiger partial charge in [0.05, 0.1) is 10.5 Å². The molecule has 0 spiro atoms. The minimum atomic E-state index is -2.84. The Morgan fingerprint density at radius 1 is 1.19 bits per heavy atom. The first-order valence-electron chi connectivity index (χ1n) is 6.36. The van der Waals surface area contributed by atoms with Gasteiger partial charge in [0.25, 0.3) is 0 Å². The monoisotopic (exact) mass is 245 g/mol. The van der Waals surface area contributed by atoms with E-state index in [1.54, 1.807) is 0 Å². The molecule has 2 aliphatic heterocycles. The number of rotatable bonds is 2. The Bertz CT molecular complexity index is 342. The molecule has 16 heavy (non-hydrogen) atoms. The van der Waals surface area contributed by atoms with Gasteiger partial charge in [-0.05, 0) is 64.5 Å². The molecule has 2 fully saturated rings. The first-order chi connectivity index (χ1) is 7.43. The molecule has 0 aliphatic carbocycles. The number of nitrogens with one attached hydrogen (secondary N) is 1. The SMILES string of the molecule is CC1(C)C(CC2CCNCC2)CCS1(=O)=O. The summed E-state index contributed by atoms with van der Waals surface area (Å²) in [5.41, 5.74) is 0. The van der Waals surface area contributed by atoms with Crippen LogP contribution >= 0.6 is 0 Å². The summed E-state index contributed by atoms with van der Waals surface area (Å²) in [4.78, 5) is 0. The molecule has 2 rings (SSSR count). The molecule has 0 aromatic rings. The van der Waals surface area contributed by atoms with Crippen LogP contribution in [0.1, 0.15) is 39.5 Å². The first-order valence-corrected chi connectivity index (χ1v) is 8.02. The maximum absolute atomic E-state index is 11.9. The average molecular weight is 245 g/mol. The molecule has 0 amide bonds. The third-order valence-corrected chi connectivity index (χ3v) is 7.31. The summed E-state index contributed by atoms with van der Waals surface area (Å²) in [6.45, 7) is 6.04. The molecular formula is C12H23NO2S. The summed E-state index contributed by atoms with van der Waals surface area (Å²) in [5, 5.41) is 3.36. The quantitative estimate of drug-likeness (QED) is 0.803. The van der Waals surface area contributed by atoms with Gasteiger partial charge in [0.2, 0.25) is 0 Å². The lowest BCUT2D eigenvalue weighted by Crippen LogP contribution is -2.36. The van der Waals surface area contributed by atoms with Crippen LogP contribution in [0.25, 0.3) is 0 Å². The summed E-state index contributed by atoms with van der Waals surface area (Å²) in [5.74, 6) is 1.51. The predicted octanol–water partition coefficient (Wildman–Crippen LogP) is 1.59. The fourth-order valence-electron chi connectivity index (χ4n) is 3.08. The van der Waals surface area contributed by atoms with Gasteiger partial charge < -0.3 is 5.32 Å². The molecule has 3 nitrogen and oxygen atoms in total. The lowest BCUT2D eigenvalue weighted by molar-refractivity contribution is 0.271. The van der Waals surface area contributed by atoms with Crippen molar-refractivity contribution >= 4 is 9.84 Å². The third-order valence-electron chi connectivity index (χ3n) is 4.60. The second kappa shape index (κ2) is 4.30. The van der Waals surface area contributed by atoms with Crippen LogP contribution in [-0.2, 0) is 9.84 Å². The molecule has 4 heteroatoms. The molecule has 1 atom stereocenters. The Labute approximate surface area is 98.9 Å². The van der Waals surface area contributed by atoms with E-state index in [1.165, 1.54) is 12.8 Å². The van der Waals surface area contributed by atoms with Gasteiger partial charge in [0, 0.05) is 0 Å². The van der Waals surface area contributed by atoms with Crippen molar-refractivity contribution in [3.63, 3.8) is 0 Å². The van der Waals surface area contributed by atoms with Crippen LogP contribution in [0.4, 0.5) is 0 Å². The van der Waals surface area contributed by atoms with Gasteiger partial charge in [-0.15, -0.1) is 0 Å². The van der Waals surface area contributed by atoms with E-state index in [1.807, 2.05) is 13.8 Å². The molecule has 94 valence electrons. The zero-order chi connectivity index (χ0) is 11.8. The normalized spacial score (nSPS) is 34.0. The van der Waals surface area contributed by atoms with E-state index in [0.717, 1.165) is 31.8 Å². The average Bonchev–Trinajstić information content (AvgIpc) is 2.43. The number of sulfone groups is 1. The predicted molar refractivity (Wildman–Crippen MR) is 66.2 cm³/mol. The molecule has 2 heterocycles. The second-order valence-electron chi connectivity index (χ2n) is 5.84. The van der Waals surface area contributed by atoms with Crippen molar-refractivity contribution < 1.29 is 8.42 Å². The Kier molecular flexibility index (Phi) is 3.32. The summed E-state index contributed by atoms with van der Waals surface area (Å²) < 4.78 is 23.4. The lowest BCUT2D eigenvalue weighted by atomic mass is 9.81. The standard InChI is InChI=1S/C12H23NO2S/c1-12(2)11(5-8-16(12,14)15)9-10-3-6-13-7-4-10/h10-11,13H,3-9H2,1-2H3. The zero-order valence-electron chi connectivity index (χ0n) is 10.3. The van der Waals surface area contributed by atoms with Gasteiger partial charge in [-0.25, -0.2) is 8.42 Å². The van der Waals surface area contributed by atoms with Crippen molar-refractivity contribution in [1.82, 2.24) is 5.32 Å². The Morgan fingerprint density at radius 3 is 2.31 bits per heavy atom.